The van der Waals surface area contributed by atoms with Gasteiger partial charge in [-0.3, -0.25) is 24.3 Å². The van der Waals surface area contributed by atoms with E-state index in [9.17, 15) is 14.4 Å². The Bertz CT molecular complexity index is 829. The second-order valence-electron chi connectivity index (χ2n) is 7.43. The largest absolute Gasteiger partial charge is 0.354 e. The Balaban J connectivity index is 1.66. The van der Waals surface area contributed by atoms with Crippen LogP contribution in [0.4, 0.5) is 0 Å². The number of rotatable bonds is 8. The molecule has 6 nitrogen and oxygen atoms in total. The smallest absolute Gasteiger partial charge is 0.262 e. The van der Waals surface area contributed by atoms with Gasteiger partial charge >= 0.3 is 0 Å². The number of imide groups is 1. The highest BCUT2D eigenvalue weighted by atomic mass is 16.2. The fourth-order valence-electron chi connectivity index (χ4n) is 3.44. The number of fused-ring (bicyclic) bond motifs is 1. The van der Waals surface area contributed by atoms with Crippen molar-refractivity contribution in [3.63, 3.8) is 0 Å². The van der Waals surface area contributed by atoms with Gasteiger partial charge in [0, 0.05) is 18.9 Å². The lowest BCUT2D eigenvalue weighted by molar-refractivity contribution is -0.125. The van der Waals surface area contributed by atoms with Gasteiger partial charge in [-0.1, -0.05) is 32.0 Å². The number of nitrogens with one attached hydrogen (secondary N) is 1. The third-order valence-corrected chi connectivity index (χ3v) is 4.80. The molecule has 3 rings (SSSR count). The number of aryl methyl sites for hydroxylation is 1. The van der Waals surface area contributed by atoms with E-state index in [4.69, 9.17) is 0 Å². The van der Waals surface area contributed by atoms with E-state index >= 15 is 0 Å². The van der Waals surface area contributed by atoms with Crippen molar-refractivity contribution in [3.05, 3.63) is 65.5 Å². The summed E-state index contributed by atoms with van der Waals surface area (Å²) < 4.78 is 0. The molecule has 0 fully saturated rings. The lowest BCUT2D eigenvalue weighted by Gasteiger charge is -2.26. The molecule has 1 unspecified atom stereocenters. The maximum atomic E-state index is 12.8. The van der Waals surface area contributed by atoms with Crippen molar-refractivity contribution >= 4 is 17.7 Å². The summed E-state index contributed by atoms with van der Waals surface area (Å²) in [5.74, 6) is -0.904. The molecule has 1 aromatic carbocycles. The number of benzene rings is 1. The fraction of sp³-hybridized carbons (Fsp3) is 0.364. The number of pyridine rings is 1. The van der Waals surface area contributed by atoms with Crippen LogP contribution >= 0.6 is 0 Å². The van der Waals surface area contributed by atoms with E-state index in [1.54, 1.807) is 30.5 Å². The van der Waals surface area contributed by atoms with E-state index in [1.165, 1.54) is 0 Å². The molecule has 1 aromatic heterocycles. The van der Waals surface area contributed by atoms with Crippen LogP contribution in [0.15, 0.2) is 48.8 Å². The third kappa shape index (κ3) is 4.27. The SMILES string of the molecule is CC(C)CC(C(=O)NCCCc1cccnc1)N1C(=O)c2ccccc2C1=O. The first-order valence-corrected chi connectivity index (χ1v) is 9.62. The van der Waals surface area contributed by atoms with Crippen LogP contribution in [0.3, 0.4) is 0 Å². The zero-order chi connectivity index (χ0) is 20.1. The van der Waals surface area contributed by atoms with Crippen molar-refractivity contribution in [2.45, 2.75) is 39.2 Å². The average Bonchev–Trinajstić information content (AvgIpc) is 2.95. The molecular formula is C22H25N3O3. The standard InChI is InChI=1S/C22H25N3O3/c1-15(2)13-19(20(26)24-12-6-8-16-7-5-11-23-14-16)25-21(27)17-9-3-4-10-18(17)22(25)28/h3-5,7,9-11,14-15,19H,6,8,12-13H2,1-2H3,(H,24,26). The molecule has 0 saturated carbocycles. The molecule has 2 aromatic rings. The Labute approximate surface area is 165 Å². The van der Waals surface area contributed by atoms with E-state index < -0.39 is 17.9 Å². The minimum Gasteiger partial charge on any atom is -0.354 e. The van der Waals surface area contributed by atoms with Crippen LogP contribution in [-0.2, 0) is 11.2 Å². The van der Waals surface area contributed by atoms with Gasteiger partial charge < -0.3 is 5.32 Å². The lowest BCUT2D eigenvalue weighted by Crippen LogP contribution is -2.50. The van der Waals surface area contributed by atoms with E-state index in [0.29, 0.717) is 24.1 Å². The zero-order valence-electron chi connectivity index (χ0n) is 16.2. The number of carbonyl (C=O) groups excluding carboxylic acids is 3. The molecule has 1 N–H and O–H groups in total. The molecule has 28 heavy (non-hydrogen) atoms. The van der Waals surface area contributed by atoms with Gasteiger partial charge in [-0.05, 0) is 48.9 Å². The fourth-order valence-corrected chi connectivity index (χ4v) is 3.44. The van der Waals surface area contributed by atoms with Gasteiger partial charge in [0.1, 0.15) is 6.04 Å². The number of aromatic nitrogens is 1. The molecule has 0 saturated heterocycles. The van der Waals surface area contributed by atoms with Crippen LogP contribution in [0.5, 0.6) is 0 Å². The number of hydrogen-bond acceptors (Lipinski definition) is 4. The first kappa shape index (κ1) is 19.7. The van der Waals surface area contributed by atoms with Gasteiger partial charge in [0.25, 0.3) is 11.8 Å². The van der Waals surface area contributed by atoms with Crippen molar-refractivity contribution in [1.82, 2.24) is 15.2 Å². The predicted molar refractivity (Wildman–Crippen MR) is 106 cm³/mol. The molecule has 146 valence electrons. The molecule has 0 spiro atoms. The Morgan fingerprint density at radius 2 is 1.75 bits per heavy atom. The van der Waals surface area contributed by atoms with Crippen LogP contribution in [0.1, 0.15) is 53.0 Å². The molecule has 0 aliphatic carbocycles. The van der Waals surface area contributed by atoms with Gasteiger partial charge in [-0.2, -0.15) is 0 Å². The minimum atomic E-state index is -0.800. The number of nitrogens with zero attached hydrogens (tertiary/aromatic N) is 2. The highest BCUT2D eigenvalue weighted by molar-refractivity contribution is 6.22. The summed E-state index contributed by atoms with van der Waals surface area (Å²) >= 11 is 0. The van der Waals surface area contributed by atoms with Crippen LogP contribution in [0.2, 0.25) is 0 Å². The topological polar surface area (TPSA) is 79.4 Å². The maximum absolute atomic E-state index is 12.8. The molecule has 2 heterocycles. The van der Waals surface area contributed by atoms with Crippen molar-refractivity contribution in [2.24, 2.45) is 5.92 Å². The first-order valence-electron chi connectivity index (χ1n) is 9.62. The Morgan fingerprint density at radius 1 is 1.07 bits per heavy atom. The normalized spacial score (nSPS) is 14.3. The van der Waals surface area contributed by atoms with Gasteiger partial charge in [0.15, 0.2) is 0 Å². The number of amides is 3. The summed E-state index contributed by atoms with van der Waals surface area (Å²) in [6, 6.07) is 9.80. The Hall–Kier alpha value is -3.02. The van der Waals surface area contributed by atoms with Crippen LogP contribution in [-0.4, -0.2) is 40.2 Å². The number of hydrogen-bond donors (Lipinski definition) is 1. The first-order chi connectivity index (χ1) is 13.5. The minimum absolute atomic E-state index is 0.162. The van der Waals surface area contributed by atoms with E-state index in [0.717, 1.165) is 23.3 Å². The maximum Gasteiger partial charge on any atom is 0.262 e. The quantitative estimate of drug-likeness (QED) is 0.565. The van der Waals surface area contributed by atoms with Gasteiger partial charge in [0.2, 0.25) is 5.91 Å². The molecule has 1 atom stereocenters. The molecule has 1 aliphatic heterocycles. The second-order valence-corrected chi connectivity index (χ2v) is 7.43. The van der Waals surface area contributed by atoms with E-state index in [2.05, 4.69) is 10.3 Å². The molecule has 3 amide bonds. The van der Waals surface area contributed by atoms with Crippen LogP contribution < -0.4 is 5.32 Å². The molecule has 6 heteroatoms. The van der Waals surface area contributed by atoms with Crippen molar-refractivity contribution < 1.29 is 14.4 Å². The lowest BCUT2D eigenvalue weighted by atomic mass is 10.0. The van der Waals surface area contributed by atoms with Crippen molar-refractivity contribution in [2.75, 3.05) is 6.54 Å². The summed E-state index contributed by atoms with van der Waals surface area (Å²) in [6.07, 6.45) is 5.52. The van der Waals surface area contributed by atoms with Crippen LogP contribution in [0.25, 0.3) is 0 Å². The summed E-state index contributed by atoms with van der Waals surface area (Å²) in [4.78, 5) is 43.6. The summed E-state index contributed by atoms with van der Waals surface area (Å²) in [5.41, 5.74) is 1.84. The molecule has 1 aliphatic rings. The van der Waals surface area contributed by atoms with Crippen molar-refractivity contribution in [1.29, 1.82) is 0 Å². The molecular weight excluding hydrogens is 354 g/mol. The van der Waals surface area contributed by atoms with Gasteiger partial charge in [-0.25, -0.2) is 0 Å². The van der Waals surface area contributed by atoms with E-state index in [1.807, 2.05) is 32.2 Å². The summed E-state index contributed by atoms with van der Waals surface area (Å²) in [5, 5.41) is 2.90. The van der Waals surface area contributed by atoms with Gasteiger partial charge in [-0.15, -0.1) is 0 Å². The second kappa shape index (κ2) is 8.78. The zero-order valence-corrected chi connectivity index (χ0v) is 16.2. The molecule has 0 bridgehead atoms. The summed E-state index contributed by atoms with van der Waals surface area (Å²) in [6.45, 7) is 4.42. The van der Waals surface area contributed by atoms with Crippen LogP contribution in [0, 0.1) is 5.92 Å². The Kier molecular flexibility index (Phi) is 6.19. The highest BCUT2D eigenvalue weighted by Gasteiger charge is 2.42. The number of carbonyl (C=O) groups is 3. The van der Waals surface area contributed by atoms with E-state index in [-0.39, 0.29) is 11.8 Å². The monoisotopic (exact) mass is 379 g/mol. The Morgan fingerprint density at radius 3 is 2.32 bits per heavy atom. The molecule has 0 radical (unpaired) electrons. The van der Waals surface area contributed by atoms with Crippen molar-refractivity contribution in [3.8, 4) is 0 Å². The predicted octanol–water partition coefficient (Wildman–Crippen LogP) is 2.84. The average molecular weight is 379 g/mol. The van der Waals surface area contributed by atoms with Gasteiger partial charge in [0.05, 0.1) is 11.1 Å². The highest BCUT2D eigenvalue weighted by Crippen LogP contribution is 2.27. The third-order valence-electron chi connectivity index (χ3n) is 4.80. The summed E-state index contributed by atoms with van der Waals surface area (Å²) in [7, 11) is 0.